The van der Waals surface area contributed by atoms with E-state index in [0.717, 1.165) is 34.1 Å². The monoisotopic (exact) mass is 333 g/mol. The van der Waals surface area contributed by atoms with Gasteiger partial charge in [-0.25, -0.2) is 0 Å². The van der Waals surface area contributed by atoms with Gasteiger partial charge in [0.1, 0.15) is 0 Å². The van der Waals surface area contributed by atoms with Crippen LogP contribution in [0.25, 0.3) is 0 Å². The van der Waals surface area contributed by atoms with E-state index in [2.05, 4.69) is 16.4 Å². The Labute approximate surface area is 146 Å². The minimum atomic E-state index is 0.145. The van der Waals surface area contributed by atoms with Crippen molar-refractivity contribution < 1.29 is 0 Å². The number of fused-ring (bicyclic) bond motifs is 1. The van der Waals surface area contributed by atoms with Gasteiger partial charge in [0, 0.05) is 23.8 Å². The van der Waals surface area contributed by atoms with Crippen molar-refractivity contribution in [2.24, 2.45) is 4.99 Å². The highest BCUT2D eigenvalue weighted by Crippen LogP contribution is 2.35. The lowest BCUT2D eigenvalue weighted by Crippen LogP contribution is -2.14. The van der Waals surface area contributed by atoms with E-state index in [1.54, 1.807) is 0 Å². The van der Waals surface area contributed by atoms with Gasteiger partial charge in [0.15, 0.2) is 0 Å². The molecule has 1 aliphatic heterocycles. The zero-order valence-corrected chi connectivity index (χ0v) is 13.7. The van der Waals surface area contributed by atoms with E-state index in [0.29, 0.717) is 0 Å². The molecule has 1 atom stereocenters. The Bertz CT molecular complexity index is 873. The molecule has 3 nitrogen and oxygen atoms in total. The Balaban J connectivity index is 1.80. The molecule has 0 bridgehead atoms. The summed E-state index contributed by atoms with van der Waals surface area (Å²) in [7, 11) is 0. The average molecular weight is 334 g/mol. The van der Waals surface area contributed by atoms with Gasteiger partial charge in [0.05, 0.1) is 23.1 Å². The Kier molecular flexibility index (Phi) is 4.01. The van der Waals surface area contributed by atoms with Crippen LogP contribution in [0.5, 0.6) is 0 Å². The minimum Gasteiger partial charge on any atom is -0.376 e. The maximum Gasteiger partial charge on any atom is 0.0864 e. The predicted octanol–water partition coefficient (Wildman–Crippen LogP) is 5.41. The summed E-state index contributed by atoms with van der Waals surface area (Å²) < 4.78 is 0. The second-order valence-electron chi connectivity index (χ2n) is 5.76. The van der Waals surface area contributed by atoms with Gasteiger partial charge in [-0.1, -0.05) is 35.9 Å². The van der Waals surface area contributed by atoms with Crippen LogP contribution >= 0.6 is 11.6 Å². The summed E-state index contributed by atoms with van der Waals surface area (Å²) in [5, 5.41) is 4.35. The summed E-state index contributed by atoms with van der Waals surface area (Å²) in [6, 6.07) is 20.2. The van der Waals surface area contributed by atoms with Crippen molar-refractivity contribution in [1.29, 1.82) is 0 Å². The van der Waals surface area contributed by atoms with E-state index in [1.165, 1.54) is 5.56 Å². The van der Waals surface area contributed by atoms with Crippen molar-refractivity contribution in [1.82, 2.24) is 4.98 Å². The number of benzene rings is 2. The van der Waals surface area contributed by atoms with Gasteiger partial charge in [0.2, 0.25) is 0 Å². The van der Waals surface area contributed by atoms with Crippen LogP contribution in [0, 0.1) is 0 Å². The van der Waals surface area contributed by atoms with Gasteiger partial charge in [-0.05, 0) is 47.5 Å². The molecule has 1 aliphatic rings. The first-order valence-electron chi connectivity index (χ1n) is 7.88. The number of para-hydroxylation sites is 2. The molecule has 1 aromatic heterocycles. The number of halogens is 1. The Morgan fingerprint density at radius 2 is 1.67 bits per heavy atom. The van der Waals surface area contributed by atoms with Crippen molar-refractivity contribution in [2.75, 3.05) is 5.32 Å². The van der Waals surface area contributed by atoms with E-state index in [9.17, 15) is 0 Å². The quantitative estimate of drug-likeness (QED) is 0.680. The Hall–Kier alpha value is -2.65. The fourth-order valence-corrected chi connectivity index (χ4v) is 3.06. The number of pyridine rings is 1. The van der Waals surface area contributed by atoms with E-state index >= 15 is 0 Å². The molecular formula is C20H16ClN3. The molecule has 0 amide bonds. The van der Waals surface area contributed by atoms with Crippen LogP contribution < -0.4 is 5.32 Å². The van der Waals surface area contributed by atoms with Crippen LogP contribution in [0.2, 0.25) is 5.02 Å². The number of nitrogens with zero attached hydrogens (tertiary/aromatic N) is 2. The highest BCUT2D eigenvalue weighted by molar-refractivity contribution is 6.30. The predicted molar refractivity (Wildman–Crippen MR) is 99.3 cm³/mol. The second kappa shape index (κ2) is 6.46. The normalized spacial score (nSPS) is 16.5. The van der Waals surface area contributed by atoms with Crippen LogP contribution in [0.3, 0.4) is 0 Å². The largest absolute Gasteiger partial charge is 0.376 e. The maximum atomic E-state index is 6.03. The molecule has 0 fully saturated rings. The van der Waals surface area contributed by atoms with Crippen LogP contribution in [0.15, 0.2) is 78.0 Å². The third-order valence-electron chi connectivity index (χ3n) is 4.17. The fraction of sp³-hybridized carbons (Fsp3) is 0.100. The number of aromatic nitrogens is 1. The molecule has 0 spiro atoms. The number of rotatable bonds is 2. The highest BCUT2D eigenvalue weighted by atomic mass is 35.5. The molecule has 1 unspecified atom stereocenters. The van der Waals surface area contributed by atoms with Crippen LogP contribution in [0.1, 0.15) is 23.6 Å². The fourth-order valence-electron chi connectivity index (χ4n) is 2.94. The van der Waals surface area contributed by atoms with Gasteiger partial charge in [0.25, 0.3) is 0 Å². The lowest BCUT2D eigenvalue weighted by Gasteiger charge is -2.19. The number of aliphatic imine (C=N–C) groups is 1. The van der Waals surface area contributed by atoms with E-state index < -0.39 is 0 Å². The Morgan fingerprint density at radius 3 is 2.46 bits per heavy atom. The van der Waals surface area contributed by atoms with Crippen molar-refractivity contribution in [3.05, 3.63) is 89.2 Å². The molecule has 0 saturated heterocycles. The molecular weight excluding hydrogens is 318 g/mol. The standard InChI is InChI=1S/C20H16ClN3/c21-16-7-5-14(6-8-16)19-13-20(15-9-11-22-12-10-15)24-18-4-2-1-3-17(18)23-19/h1-12,20,24H,13H2. The zero-order chi connectivity index (χ0) is 16.4. The van der Waals surface area contributed by atoms with Crippen molar-refractivity contribution >= 4 is 28.7 Å². The zero-order valence-electron chi connectivity index (χ0n) is 13.0. The molecule has 0 aliphatic carbocycles. The number of hydrogen-bond acceptors (Lipinski definition) is 3. The summed E-state index contributed by atoms with van der Waals surface area (Å²) >= 11 is 6.03. The molecule has 4 heteroatoms. The van der Waals surface area contributed by atoms with E-state index in [1.807, 2.05) is 67.0 Å². The number of nitrogens with one attached hydrogen (secondary N) is 1. The summed E-state index contributed by atoms with van der Waals surface area (Å²) in [4.78, 5) is 9.03. The van der Waals surface area contributed by atoms with Gasteiger partial charge in [-0.15, -0.1) is 0 Å². The summed E-state index contributed by atoms with van der Waals surface area (Å²) in [6.07, 6.45) is 4.44. The Morgan fingerprint density at radius 1 is 0.917 bits per heavy atom. The second-order valence-corrected chi connectivity index (χ2v) is 6.20. The van der Waals surface area contributed by atoms with Crippen LogP contribution in [-0.2, 0) is 0 Å². The lowest BCUT2D eigenvalue weighted by molar-refractivity contribution is 0.826. The molecule has 0 saturated carbocycles. The smallest absolute Gasteiger partial charge is 0.0864 e. The molecule has 2 aromatic carbocycles. The minimum absolute atomic E-state index is 0.145. The molecule has 2 heterocycles. The maximum absolute atomic E-state index is 6.03. The molecule has 4 rings (SSSR count). The lowest BCUT2D eigenvalue weighted by atomic mass is 9.98. The first-order valence-corrected chi connectivity index (χ1v) is 8.26. The SMILES string of the molecule is Clc1ccc(C2=Nc3ccccc3NC(c3ccncc3)C2)cc1. The number of hydrogen-bond donors (Lipinski definition) is 1. The first-order chi connectivity index (χ1) is 11.8. The van der Waals surface area contributed by atoms with Gasteiger partial charge < -0.3 is 5.32 Å². The van der Waals surface area contributed by atoms with Gasteiger partial charge in [-0.3, -0.25) is 9.98 Å². The van der Waals surface area contributed by atoms with Crippen molar-refractivity contribution in [2.45, 2.75) is 12.5 Å². The van der Waals surface area contributed by atoms with E-state index in [4.69, 9.17) is 16.6 Å². The summed E-state index contributed by atoms with van der Waals surface area (Å²) in [5.74, 6) is 0. The topological polar surface area (TPSA) is 37.3 Å². The van der Waals surface area contributed by atoms with Gasteiger partial charge in [-0.2, -0.15) is 0 Å². The molecule has 118 valence electrons. The van der Waals surface area contributed by atoms with Crippen molar-refractivity contribution in [3.8, 4) is 0 Å². The van der Waals surface area contributed by atoms with E-state index in [-0.39, 0.29) is 6.04 Å². The van der Waals surface area contributed by atoms with Crippen molar-refractivity contribution in [3.63, 3.8) is 0 Å². The molecule has 3 aromatic rings. The molecule has 24 heavy (non-hydrogen) atoms. The first kappa shape index (κ1) is 14.9. The van der Waals surface area contributed by atoms with Crippen LogP contribution in [-0.4, -0.2) is 10.7 Å². The molecule has 0 radical (unpaired) electrons. The van der Waals surface area contributed by atoms with Crippen LogP contribution in [0.4, 0.5) is 11.4 Å². The average Bonchev–Trinajstić information content (AvgIpc) is 2.83. The molecule has 1 N–H and O–H groups in total. The third kappa shape index (κ3) is 3.03. The summed E-state index contributed by atoms with van der Waals surface area (Å²) in [6.45, 7) is 0. The third-order valence-corrected chi connectivity index (χ3v) is 4.42. The number of anilines is 1. The highest BCUT2D eigenvalue weighted by Gasteiger charge is 2.20. The summed E-state index contributed by atoms with van der Waals surface area (Å²) in [5.41, 5.74) is 5.34. The van der Waals surface area contributed by atoms with Gasteiger partial charge >= 0.3 is 0 Å².